The molecule has 1 aromatic carbocycles. The molecule has 0 unspecified atom stereocenters. The first-order valence-corrected chi connectivity index (χ1v) is 6.66. The van der Waals surface area contributed by atoms with Gasteiger partial charge in [0.1, 0.15) is 0 Å². The third kappa shape index (κ3) is 3.44. The van der Waals surface area contributed by atoms with E-state index in [1.807, 2.05) is 12.1 Å². The number of rotatable bonds is 3. The average molecular weight is 253 g/mol. The third-order valence-electron chi connectivity index (χ3n) is 3.50. The highest BCUT2D eigenvalue weighted by molar-refractivity contribution is 6.30. The normalized spacial score (nSPS) is 18.3. The van der Waals surface area contributed by atoms with Gasteiger partial charge in [-0.05, 0) is 38.0 Å². The van der Waals surface area contributed by atoms with Crippen LogP contribution in [0.3, 0.4) is 0 Å². The smallest absolute Gasteiger partial charge is 0.0408 e. The second kappa shape index (κ2) is 5.38. The van der Waals surface area contributed by atoms with Crippen LogP contribution in [-0.4, -0.2) is 36.6 Å². The second-order valence-electron chi connectivity index (χ2n) is 5.36. The van der Waals surface area contributed by atoms with Crippen LogP contribution in [0.2, 0.25) is 5.02 Å². The predicted octanol–water partition coefficient (Wildman–Crippen LogP) is 2.57. The van der Waals surface area contributed by atoms with Crippen molar-refractivity contribution in [3.8, 4) is 0 Å². The molecule has 0 aliphatic carbocycles. The van der Waals surface area contributed by atoms with E-state index in [0.29, 0.717) is 0 Å². The van der Waals surface area contributed by atoms with Crippen molar-refractivity contribution < 1.29 is 0 Å². The van der Waals surface area contributed by atoms with Gasteiger partial charge in [-0.2, -0.15) is 0 Å². The van der Waals surface area contributed by atoms with Gasteiger partial charge in [-0.15, -0.1) is 0 Å². The fraction of sp³-hybridized carbons (Fsp3) is 0.571. The largest absolute Gasteiger partial charge is 0.314 e. The summed E-state index contributed by atoms with van der Waals surface area (Å²) < 4.78 is 0. The maximum atomic E-state index is 6.04. The van der Waals surface area contributed by atoms with Crippen LogP contribution in [0.25, 0.3) is 0 Å². The summed E-state index contributed by atoms with van der Waals surface area (Å²) in [5, 5.41) is 4.23. The second-order valence-corrected chi connectivity index (χ2v) is 5.79. The molecule has 1 heterocycles. The number of halogens is 1. The van der Waals surface area contributed by atoms with Crippen LogP contribution in [0.1, 0.15) is 19.4 Å². The molecule has 0 bridgehead atoms. The van der Waals surface area contributed by atoms with E-state index in [-0.39, 0.29) is 5.54 Å². The summed E-state index contributed by atoms with van der Waals surface area (Å²) in [6.45, 7) is 9.09. The van der Waals surface area contributed by atoms with E-state index in [2.05, 4.69) is 36.2 Å². The molecule has 1 aliphatic rings. The van der Waals surface area contributed by atoms with Crippen molar-refractivity contribution >= 4 is 11.6 Å². The van der Waals surface area contributed by atoms with Gasteiger partial charge >= 0.3 is 0 Å². The summed E-state index contributed by atoms with van der Waals surface area (Å²) in [6.07, 6.45) is 1.05. The monoisotopic (exact) mass is 252 g/mol. The Balaban J connectivity index is 2.05. The fourth-order valence-corrected chi connectivity index (χ4v) is 2.74. The van der Waals surface area contributed by atoms with Crippen molar-refractivity contribution in [3.63, 3.8) is 0 Å². The Hall–Kier alpha value is -0.570. The number of nitrogens with zero attached hydrogens (tertiary/aromatic N) is 1. The van der Waals surface area contributed by atoms with E-state index in [1.54, 1.807) is 0 Å². The molecule has 0 radical (unpaired) electrons. The van der Waals surface area contributed by atoms with Gasteiger partial charge in [0, 0.05) is 36.7 Å². The van der Waals surface area contributed by atoms with Crippen molar-refractivity contribution in [1.29, 1.82) is 0 Å². The van der Waals surface area contributed by atoms with E-state index in [9.17, 15) is 0 Å². The molecule has 1 aliphatic heterocycles. The summed E-state index contributed by atoms with van der Waals surface area (Å²) >= 11 is 6.04. The zero-order chi connectivity index (χ0) is 12.3. The Morgan fingerprint density at radius 2 is 2.00 bits per heavy atom. The molecule has 94 valence electrons. The average Bonchev–Trinajstić information content (AvgIpc) is 2.29. The summed E-state index contributed by atoms with van der Waals surface area (Å²) in [5.41, 5.74) is 1.52. The minimum Gasteiger partial charge on any atom is -0.314 e. The first-order valence-electron chi connectivity index (χ1n) is 6.28. The van der Waals surface area contributed by atoms with Gasteiger partial charge in [-0.3, -0.25) is 4.90 Å². The van der Waals surface area contributed by atoms with Gasteiger partial charge < -0.3 is 5.32 Å². The zero-order valence-corrected chi connectivity index (χ0v) is 11.4. The summed E-state index contributed by atoms with van der Waals surface area (Å²) in [7, 11) is 0. The molecule has 1 fully saturated rings. The quantitative estimate of drug-likeness (QED) is 0.890. The lowest BCUT2D eigenvalue weighted by atomic mass is 9.92. The number of benzene rings is 1. The first-order chi connectivity index (χ1) is 8.08. The molecule has 2 nitrogen and oxygen atoms in total. The van der Waals surface area contributed by atoms with E-state index in [0.717, 1.165) is 37.6 Å². The van der Waals surface area contributed by atoms with Crippen molar-refractivity contribution in [3.05, 3.63) is 34.9 Å². The number of piperazine rings is 1. The van der Waals surface area contributed by atoms with Crippen molar-refractivity contribution in [1.82, 2.24) is 10.2 Å². The topological polar surface area (TPSA) is 15.3 Å². The lowest BCUT2D eigenvalue weighted by Crippen LogP contribution is -2.54. The molecule has 1 aromatic rings. The molecular weight excluding hydrogens is 232 g/mol. The van der Waals surface area contributed by atoms with E-state index in [4.69, 9.17) is 11.6 Å². The van der Waals surface area contributed by atoms with E-state index in [1.165, 1.54) is 5.56 Å². The SMILES string of the molecule is CC(C)(Cc1cccc(Cl)c1)N1CCNCC1. The van der Waals surface area contributed by atoms with Crippen LogP contribution in [-0.2, 0) is 6.42 Å². The van der Waals surface area contributed by atoms with Crippen LogP contribution in [0.4, 0.5) is 0 Å². The van der Waals surface area contributed by atoms with Gasteiger partial charge in [0.15, 0.2) is 0 Å². The highest BCUT2D eigenvalue weighted by Gasteiger charge is 2.27. The molecule has 0 saturated carbocycles. The lowest BCUT2D eigenvalue weighted by Gasteiger charge is -2.41. The molecule has 0 atom stereocenters. The van der Waals surface area contributed by atoms with Crippen LogP contribution in [0.5, 0.6) is 0 Å². The predicted molar refractivity (Wildman–Crippen MR) is 73.7 cm³/mol. The standard InChI is InChI=1S/C14H21ClN2/c1-14(2,17-8-6-16-7-9-17)11-12-4-3-5-13(15)10-12/h3-5,10,16H,6-9,11H2,1-2H3. The maximum absolute atomic E-state index is 6.04. The molecule has 1 saturated heterocycles. The Morgan fingerprint density at radius 3 is 2.65 bits per heavy atom. The molecule has 0 aromatic heterocycles. The van der Waals surface area contributed by atoms with Gasteiger partial charge in [0.25, 0.3) is 0 Å². The fourth-order valence-electron chi connectivity index (χ4n) is 2.53. The zero-order valence-electron chi connectivity index (χ0n) is 10.7. The minimum atomic E-state index is 0.201. The number of hydrogen-bond donors (Lipinski definition) is 1. The molecule has 3 heteroatoms. The number of nitrogens with one attached hydrogen (secondary N) is 1. The molecule has 0 spiro atoms. The molecule has 2 rings (SSSR count). The van der Waals surface area contributed by atoms with Gasteiger partial charge in [-0.25, -0.2) is 0 Å². The maximum Gasteiger partial charge on any atom is 0.0408 e. The highest BCUT2D eigenvalue weighted by Crippen LogP contribution is 2.22. The Kier molecular flexibility index (Phi) is 4.08. The van der Waals surface area contributed by atoms with Crippen LogP contribution in [0.15, 0.2) is 24.3 Å². The Morgan fingerprint density at radius 1 is 1.29 bits per heavy atom. The first kappa shape index (κ1) is 12.9. The Labute approximate surface area is 109 Å². The number of hydrogen-bond acceptors (Lipinski definition) is 2. The highest BCUT2D eigenvalue weighted by atomic mass is 35.5. The van der Waals surface area contributed by atoms with E-state index >= 15 is 0 Å². The lowest BCUT2D eigenvalue weighted by molar-refractivity contribution is 0.104. The third-order valence-corrected chi connectivity index (χ3v) is 3.73. The van der Waals surface area contributed by atoms with Crippen LogP contribution >= 0.6 is 11.6 Å². The molecule has 17 heavy (non-hydrogen) atoms. The minimum absolute atomic E-state index is 0.201. The molecular formula is C14H21ClN2. The molecule has 1 N–H and O–H groups in total. The van der Waals surface area contributed by atoms with E-state index < -0.39 is 0 Å². The summed E-state index contributed by atoms with van der Waals surface area (Å²) in [5.74, 6) is 0. The van der Waals surface area contributed by atoms with Crippen molar-refractivity contribution in [2.24, 2.45) is 0 Å². The summed E-state index contributed by atoms with van der Waals surface area (Å²) in [6, 6.07) is 8.20. The van der Waals surface area contributed by atoms with Gasteiger partial charge in [-0.1, -0.05) is 23.7 Å². The van der Waals surface area contributed by atoms with Crippen molar-refractivity contribution in [2.75, 3.05) is 26.2 Å². The van der Waals surface area contributed by atoms with Gasteiger partial charge in [0.05, 0.1) is 0 Å². The Bertz CT molecular complexity index is 370. The van der Waals surface area contributed by atoms with Crippen LogP contribution in [0, 0.1) is 0 Å². The van der Waals surface area contributed by atoms with Crippen LogP contribution < -0.4 is 5.32 Å². The van der Waals surface area contributed by atoms with Crippen molar-refractivity contribution in [2.45, 2.75) is 25.8 Å². The molecule has 0 amide bonds. The summed E-state index contributed by atoms with van der Waals surface area (Å²) in [4.78, 5) is 2.56. The van der Waals surface area contributed by atoms with Gasteiger partial charge in [0.2, 0.25) is 0 Å².